The number of nitrogens with two attached hydrogens (primary N) is 1. The van der Waals surface area contributed by atoms with E-state index in [9.17, 15) is 0 Å². The molecule has 1 unspecified atom stereocenters. The van der Waals surface area contributed by atoms with Gasteiger partial charge in [0.1, 0.15) is 0 Å². The highest BCUT2D eigenvalue weighted by molar-refractivity contribution is 7.13. The molecule has 0 aliphatic rings. The van der Waals surface area contributed by atoms with Gasteiger partial charge in [0.2, 0.25) is 0 Å². The quantitative estimate of drug-likeness (QED) is 0.829. The average molecular weight is 223 g/mol. The Morgan fingerprint density at radius 1 is 1.29 bits per heavy atom. The zero-order valence-corrected chi connectivity index (χ0v) is 9.91. The lowest BCUT2D eigenvalue weighted by atomic mass is 10.2. The number of rotatable bonds is 2. The molecule has 2 rings (SSSR count). The van der Waals surface area contributed by atoms with Gasteiger partial charge in [-0.15, -0.1) is 22.7 Å². The molecule has 0 spiro atoms. The van der Waals surface area contributed by atoms with Crippen LogP contribution in [0.15, 0.2) is 23.6 Å². The van der Waals surface area contributed by atoms with Crippen LogP contribution < -0.4 is 5.73 Å². The van der Waals surface area contributed by atoms with Gasteiger partial charge < -0.3 is 5.73 Å². The van der Waals surface area contributed by atoms with Crippen molar-refractivity contribution in [3.63, 3.8) is 0 Å². The summed E-state index contributed by atoms with van der Waals surface area (Å²) < 4.78 is 0. The van der Waals surface area contributed by atoms with Crippen molar-refractivity contribution in [3.05, 3.63) is 43.8 Å². The lowest BCUT2D eigenvalue weighted by Gasteiger charge is -2.05. The van der Waals surface area contributed by atoms with Crippen molar-refractivity contribution >= 4 is 22.7 Å². The zero-order valence-electron chi connectivity index (χ0n) is 8.28. The zero-order chi connectivity index (χ0) is 10.1. The largest absolute Gasteiger partial charge is 0.319 e. The maximum absolute atomic E-state index is 6.16. The van der Waals surface area contributed by atoms with Crippen LogP contribution in [0.4, 0.5) is 0 Å². The van der Waals surface area contributed by atoms with Crippen molar-refractivity contribution in [2.75, 3.05) is 0 Å². The molecule has 0 fully saturated rings. The highest BCUT2D eigenvalue weighted by atomic mass is 32.1. The predicted molar refractivity (Wildman–Crippen MR) is 64.1 cm³/mol. The fourth-order valence-corrected chi connectivity index (χ4v) is 3.25. The molecule has 2 heterocycles. The molecule has 14 heavy (non-hydrogen) atoms. The van der Waals surface area contributed by atoms with Gasteiger partial charge in [-0.25, -0.2) is 0 Å². The molecule has 0 bridgehead atoms. The first kappa shape index (κ1) is 9.90. The van der Waals surface area contributed by atoms with Gasteiger partial charge in [-0.2, -0.15) is 0 Å². The lowest BCUT2D eigenvalue weighted by molar-refractivity contribution is 0.916. The van der Waals surface area contributed by atoms with Crippen LogP contribution in [0.1, 0.15) is 26.2 Å². The molecule has 0 saturated heterocycles. The standard InChI is InChI=1S/C11H13NS2/c1-7-6-10(14-8(7)2)11(12)9-4-3-5-13-9/h3-6,11H,12H2,1-2H3. The summed E-state index contributed by atoms with van der Waals surface area (Å²) in [6.07, 6.45) is 0. The van der Waals surface area contributed by atoms with Gasteiger partial charge in [0, 0.05) is 14.6 Å². The number of hydrogen-bond donors (Lipinski definition) is 1. The molecule has 0 radical (unpaired) electrons. The van der Waals surface area contributed by atoms with E-state index in [1.54, 1.807) is 22.7 Å². The Morgan fingerprint density at radius 2 is 2.07 bits per heavy atom. The lowest BCUT2D eigenvalue weighted by Crippen LogP contribution is -2.07. The number of aryl methyl sites for hydroxylation is 2. The number of hydrogen-bond acceptors (Lipinski definition) is 3. The molecule has 0 aliphatic heterocycles. The van der Waals surface area contributed by atoms with Crippen molar-refractivity contribution in [2.45, 2.75) is 19.9 Å². The van der Waals surface area contributed by atoms with Crippen molar-refractivity contribution in [1.29, 1.82) is 0 Å². The topological polar surface area (TPSA) is 26.0 Å². The molecule has 2 aromatic rings. The summed E-state index contributed by atoms with van der Waals surface area (Å²) in [7, 11) is 0. The van der Waals surface area contributed by atoms with Crippen molar-refractivity contribution in [3.8, 4) is 0 Å². The maximum atomic E-state index is 6.16. The first-order chi connectivity index (χ1) is 6.68. The second-order valence-corrected chi connectivity index (χ2v) is 5.65. The minimum Gasteiger partial charge on any atom is -0.319 e. The first-order valence-corrected chi connectivity index (χ1v) is 6.24. The monoisotopic (exact) mass is 223 g/mol. The summed E-state index contributed by atoms with van der Waals surface area (Å²) in [6.45, 7) is 4.28. The van der Waals surface area contributed by atoms with Gasteiger partial charge in [0.05, 0.1) is 6.04 Å². The smallest absolute Gasteiger partial charge is 0.0740 e. The third kappa shape index (κ3) is 1.75. The summed E-state index contributed by atoms with van der Waals surface area (Å²) >= 11 is 3.53. The van der Waals surface area contributed by atoms with E-state index in [1.165, 1.54) is 20.2 Å². The Hall–Kier alpha value is -0.640. The third-order valence-electron chi connectivity index (χ3n) is 2.34. The summed E-state index contributed by atoms with van der Waals surface area (Å²) in [4.78, 5) is 3.88. The van der Waals surface area contributed by atoms with Crippen LogP contribution in [0.3, 0.4) is 0 Å². The highest BCUT2D eigenvalue weighted by Gasteiger charge is 2.12. The normalized spacial score (nSPS) is 13.1. The molecule has 0 aliphatic carbocycles. The van der Waals surface area contributed by atoms with Gasteiger partial charge in [-0.05, 0) is 36.9 Å². The molecule has 0 aromatic carbocycles. The average Bonchev–Trinajstić information content (AvgIpc) is 2.76. The predicted octanol–water partition coefficient (Wildman–Crippen LogP) is 3.47. The van der Waals surface area contributed by atoms with Gasteiger partial charge >= 0.3 is 0 Å². The second-order valence-electron chi connectivity index (χ2n) is 3.38. The van der Waals surface area contributed by atoms with Crippen LogP contribution in [-0.2, 0) is 0 Å². The van der Waals surface area contributed by atoms with Crippen molar-refractivity contribution < 1.29 is 0 Å². The summed E-state index contributed by atoms with van der Waals surface area (Å²) in [5.74, 6) is 0. The summed E-state index contributed by atoms with van der Waals surface area (Å²) in [5, 5.41) is 2.07. The first-order valence-electron chi connectivity index (χ1n) is 4.54. The van der Waals surface area contributed by atoms with Crippen LogP contribution in [0, 0.1) is 13.8 Å². The summed E-state index contributed by atoms with van der Waals surface area (Å²) in [6, 6.07) is 6.41. The minimum atomic E-state index is 0.0624. The van der Waals surface area contributed by atoms with Crippen LogP contribution in [0.5, 0.6) is 0 Å². The molecule has 0 saturated carbocycles. The van der Waals surface area contributed by atoms with Crippen LogP contribution >= 0.6 is 22.7 Å². The van der Waals surface area contributed by atoms with Crippen molar-refractivity contribution in [1.82, 2.24) is 0 Å². The van der Waals surface area contributed by atoms with E-state index in [2.05, 4.69) is 31.4 Å². The van der Waals surface area contributed by atoms with E-state index in [0.717, 1.165) is 0 Å². The van der Waals surface area contributed by atoms with Crippen LogP contribution in [0.2, 0.25) is 0 Å². The fraction of sp³-hybridized carbons (Fsp3) is 0.273. The van der Waals surface area contributed by atoms with E-state index in [4.69, 9.17) is 5.73 Å². The van der Waals surface area contributed by atoms with Gasteiger partial charge in [-0.1, -0.05) is 6.07 Å². The molecule has 1 atom stereocenters. The molecule has 2 N–H and O–H groups in total. The molecule has 1 nitrogen and oxygen atoms in total. The third-order valence-corrected chi connectivity index (χ3v) is 4.53. The highest BCUT2D eigenvalue weighted by Crippen LogP contribution is 2.30. The Morgan fingerprint density at radius 3 is 2.57 bits per heavy atom. The molecular formula is C11H13NS2. The molecule has 3 heteroatoms. The van der Waals surface area contributed by atoms with E-state index >= 15 is 0 Å². The van der Waals surface area contributed by atoms with E-state index in [1.807, 2.05) is 6.07 Å². The van der Waals surface area contributed by atoms with Crippen molar-refractivity contribution in [2.24, 2.45) is 5.73 Å². The van der Waals surface area contributed by atoms with Crippen LogP contribution in [-0.4, -0.2) is 0 Å². The van der Waals surface area contributed by atoms with E-state index < -0.39 is 0 Å². The van der Waals surface area contributed by atoms with E-state index in [-0.39, 0.29) is 6.04 Å². The van der Waals surface area contributed by atoms with E-state index in [0.29, 0.717) is 0 Å². The minimum absolute atomic E-state index is 0.0624. The fourth-order valence-electron chi connectivity index (χ4n) is 1.36. The Bertz CT molecular complexity index is 395. The molecule has 2 aromatic heterocycles. The molecular weight excluding hydrogens is 210 g/mol. The Kier molecular flexibility index (Phi) is 2.72. The number of thiophene rings is 2. The Labute approximate surface area is 92.2 Å². The SMILES string of the molecule is Cc1cc(C(N)c2cccs2)sc1C. The second kappa shape index (κ2) is 3.85. The summed E-state index contributed by atoms with van der Waals surface area (Å²) in [5.41, 5.74) is 7.51. The molecule has 74 valence electrons. The maximum Gasteiger partial charge on any atom is 0.0740 e. The van der Waals surface area contributed by atoms with Crippen LogP contribution in [0.25, 0.3) is 0 Å². The van der Waals surface area contributed by atoms with Gasteiger partial charge in [0.25, 0.3) is 0 Å². The van der Waals surface area contributed by atoms with Gasteiger partial charge in [0.15, 0.2) is 0 Å². The van der Waals surface area contributed by atoms with Gasteiger partial charge in [-0.3, -0.25) is 0 Å². The Balaban J connectivity index is 2.32. The molecule has 0 amide bonds.